The summed E-state index contributed by atoms with van der Waals surface area (Å²) < 4.78 is 6.56. The Morgan fingerprint density at radius 1 is 1.32 bits per heavy atom. The first-order valence-corrected chi connectivity index (χ1v) is 6.94. The molecule has 0 bridgehead atoms. The van der Waals surface area contributed by atoms with Crippen LogP contribution in [0.25, 0.3) is 5.69 Å². The second-order valence-corrected chi connectivity index (χ2v) is 5.02. The molecule has 1 amide bonds. The monoisotopic (exact) mass is 296 g/mol. The number of rotatable bonds is 4. The van der Waals surface area contributed by atoms with Gasteiger partial charge in [0.25, 0.3) is 5.91 Å². The first-order chi connectivity index (χ1) is 10.7. The van der Waals surface area contributed by atoms with E-state index in [4.69, 9.17) is 4.52 Å². The summed E-state index contributed by atoms with van der Waals surface area (Å²) in [5, 5.41) is 8.07. The van der Waals surface area contributed by atoms with Gasteiger partial charge < -0.3 is 9.42 Å². The molecule has 2 aromatic heterocycles. The molecule has 0 aliphatic carbocycles. The number of amides is 1. The van der Waals surface area contributed by atoms with Crippen LogP contribution in [0.3, 0.4) is 0 Å². The Labute approximate surface area is 127 Å². The normalized spacial score (nSPS) is 12.1. The van der Waals surface area contributed by atoms with Crippen molar-refractivity contribution < 1.29 is 9.32 Å². The number of carbonyl (C=O) groups excluding carboxylic acids is 1. The summed E-state index contributed by atoms with van der Waals surface area (Å²) in [6.45, 7) is 1.91. The minimum absolute atomic E-state index is 0.0792. The molecule has 1 unspecified atom stereocenters. The lowest BCUT2D eigenvalue weighted by Gasteiger charge is -2.23. The van der Waals surface area contributed by atoms with Gasteiger partial charge in [0.1, 0.15) is 12.0 Å². The zero-order chi connectivity index (χ0) is 15.5. The quantitative estimate of drug-likeness (QED) is 0.742. The minimum atomic E-state index is -0.167. The number of carbonyl (C=O) groups is 1. The van der Waals surface area contributed by atoms with Crippen molar-refractivity contribution in [2.24, 2.45) is 0 Å². The van der Waals surface area contributed by atoms with Crippen molar-refractivity contribution in [1.29, 1.82) is 0 Å². The van der Waals surface area contributed by atoms with E-state index in [1.165, 1.54) is 6.26 Å². The molecule has 3 aromatic rings. The third kappa shape index (κ3) is 2.63. The number of nitrogens with zero attached hydrogens (tertiary/aromatic N) is 4. The SMILES string of the molecule is CC(c1ccon1)N(C)C(=O)c1cccc(-n2cccn2)c1. The molecule has 0 aliphatic rings. The molecule has 0 aliphatic heterocycles. The van der Waals surface area contributed by atoms with E-state index in [-0.39, 0.29) is 11.9 Å². The highest BCUT2D eigenvalue weighted by Crippen LogP contribution is 2.20. The summed E-state index contributed by atoms with van der Waals surface area (Å²) in [7, 11) is 1.75. The number of hydrogen-bond donors (Lipinski definition) is 0. The fourth-order valence-corrected chi connectivity index (χ4v) is 2.22. The van der Waals surface area contributed by atoms with Gasteiger partial charge >= 0.3 is 0 Å². The summed E-state index contributed by atoms with van der Waals surface area (Å²) in [5.74, 6) is -0.0792. The molecule has 6 heteroatoms. The lowest BCUT2D eigenvalue weighted by atomic mass is 10.1. The number of benzene rings is 1. The van der Waals surface area contributed by atoms with Crippen molar-refractivity contribution in [3.8, 4) is 5.69 Å². The van der Waals surface area contributed by atoms with Crippen molar-refractivity contribution in [2.45, 2.75) is 13.0 Å². The van der Waals surface area contributed by atoms with Crippen LogP contribution in [0.5, 0.6) is 0 Å². The summed E-state index contributed by atoms with van der Waals surface area (Å²) in [5.41, 5.74) is 2.17. The summed E-state index contributed by atoms with van der Waals surface area (Å²) in [4.78, 5) is 14.3. The van der Waals surface area contributed by atoms with Crippen molar-refractivity contribution in [1.82, 2.24) is 19.8 Å². The van der Waals surface area contributed by atoms with Gasteiger partial charge in [-0.1, -0.05) is 11.2 Å². The molecule has 112 valence electrons. The first-order valence-electron chi connectivity index (χ1n) is 6.94. The second kappa shape index (κ2) is 5.85. The van der Waals surface area contributed by atoms with Crippen LogP contribution in [0, 0.1) is 0 Å². The Morgan fingerprint density at radius 3 is 2.86 bits per heavy atom. The summed E-state index contributed by atoms with van der Waals surface area (Å²) in [6.07, 6.45) is 5.04. The molecule has 0 N–H and O–H groups in total. The third-order valence-electron chi connectivity index (χ3n) is 3.65. The van der Waals surface area contributed by atoms with Gasteiger partial charge in [-0.3, -0.25) is 4.79 Å². The molecule has 0 spiro atoms. The van der Waals surface area contributed by atoms with Crippen LogP contribution in [0.2, 0.25) is 0 Å². The van der Waals surface area contributed by atoms with Crippen LogP contribution < -0.4 is 0 Å². The molecule has 2 heterocycles. The second-order valence-electron chi connectivity index (χ2n) is 5.02. The highest BCUT2D eigenvalue weighted by Gasteiger charge is 2.21. The molecule has 1 aromatic carbocycles. The standard InChI is InChI=1S/C16H16N4O2/c1-12(15-7-10-22-18-15)19(2)16(21)13-5-3-6-14(11-13)20-9-4-8-17-20/h3-12H,1-2H3. The Morgan fingerprint density at radius 2 is 2.18 bits per heavy atom. The molecule has 1 atom stereocenters. The lowest BCUT2D eigenvalue weighted by molar-refractivity contribution is 0.0737. The predicted octanol–water partition coefficient (Wildman–Crippen LogP) is 2.69. The van der Waals surface area contributed by atoms with E-state index in [1.807, 2.05) is 37.4 Å². The fraction of sp³-hybridized carbons (Fsp3) is 0.188. The van der Waals surface area contributed by atoms with E-state index in [0.29, 0.717) is 5.56 Å². The molecule has 6 nitrogen and oxygen atoms in total. The zero-order valence-corrected chi connectivity index (χ0v) is 12.4. The van der Waals surface area contributed by atoms with E-state index in [2.05, 4.69) is 10.3 Å². The Kier molecular flexibility index (Phi) is 3.74. The van der Waals surface area contributed by atoms with Gasteiger partial charge in [0.15, 0.2) is 0 Å². The predicted molar refractivity (Wildman–Crippen MR) is 80.6 cm³/mol. The first kappa shape index (κ1) is 14.1. The highest BCUT2D eigenvalue weighted by atomic mass is 16.5. The fourth-order valence-electron chi connectivity index (χ4n) is 2.22. The Bertz CT molecular complexity index is 750. The van der Waals surface area contributed by atoms with Gasteiger partial charge in [-0.05, 0) is 31.2 Å². The van der Waals surface area contributed by atoms with Crippen LogP contribution in [-0.2, 0) is 0 Å². The zero-order valence-electron chi connectivity index (χ0n) is 12.4. The maximum absolute atomic E-state index is 12.6. The van der Waals surface area contributed by atoms with Gasteiger partial charge in [-0.25, -0.2) is 4.68 Å². The molecule has 0 saturated heterocycles. The van der Waals surface area contributed by atoms with E-state index in [0.717, 1.165) is 11.4 Å². The topological polar surface area (TPSA) is 64.2 Å². The summed E-state index contributed by atoms with van der Waals surface area (Å²) in [6, 6.07) is 10.8. The smallest absolute Gasteiger partial charge is 0.254 e. The molecule has 22 heavy (non-hydrogen) atoms. The maximum atomic E-state index is 12.6. The average molecular weight is 296 g/mol. The van der Waals surface area contributed by atoms with Crippen molar-refractivity contribution in [3.63, 3.8) is 0 Å². The van der Waals surface area contributed by atoms with Crippen LogP contribution >= 0.6 is 0 Å². The average Bonchev–Trinajstić information content (AvgIpc) is 3.25. The molecule has 3 rings (SSSR count). The third-order valence-corrected chi connectivity index (χ3v) is 3.65. The van der Waals surface area contributed by atoms with Crippen molar-refractivity contribution in [2.75, 3.05) is 7.05 Å². The Balaban J connectivity index is 1.84. The van der Waals surface area contributed by atoms with E-state index in [1.54, 1.807) is 35.0 Å². The van der Waals surface area contributed by atoms with E-state index < -0.39 is 0 Å². The van der Waals surface area contributed by atoms with E-state index in [9.17, 15) is 4.79 Å². The maximum Gasteiger partial charge on any atom is 0.254 e. The van der Waals surface area contributed by atoms with Gasteiger partial charge in [-0.2, -0.15) is 5.10 Å². The van der Waals surface area contributed by atoms with Crippen molar-refractivity contribution in [3.05, 3.63) is 66.3 Å². The van der Waals surface area contributed by atoms with Crippen LogP contribution in [0.4, 0.5) is 0 Å². The minimum Gasteiger partial charge on any atom is -0.364 e. The molecular formula is C16H16N4O2. The highest BCUT2D eigenvalue weighted by molar-refractivity contribution is 5.94. The van der Waals surface area contributed by atoms with Crippen LogP contribution in [0.15, 0.2) is 59.6 Å². The van der Waals surface area contributed by atoms with Crippen LogP contribution in [-0.4, -0.2) is 32.8 Å². The van der Waals surface area contributed by atoms with Gasteiger partial charge in [-0.15, -0.1) is 0 Å². The summed E-state index contributed by atoms with van der Waals surface area (Å²) >= 11 is 0. The molecule has 0 saturated carbocycles. The largest absolute Gasteiger partial charge is 0.364 e. The lowest BCUT2D eigenvalue weighted by Crippen LogP contribution is -2.29. The molecule has 0 radical (unpaired) electrons. The van der Waals surface area contributed by atoms with E-state index >= 15 is 0 Å². The molecular weight excluding hydrogens is 280 g/mol. The Hall–Kier alpha value is -2.89. The van der Waals surface area contributed by atoms with Crippen molar-refractivity contribution >= 4 is 5.91 Å². The van der Waals surface area contributed by atoms with Crippen LogP contribution in [0.1, 0.15) is 29.0 Å². The number of aromatic nitrogens is 3. The van der Waals surface area contributed by atoms with Gasteiger partial charge in [0.2, 0.25) is 0 Å². The van der Waals surface area contributed by atoms with Gasteiger partial charge in [0.05, 0.1) is 11.7 Å². The van der Waals surface area contributed by atoms with Gasteiger partial charge in [0, 0.05) is 31.1 Å². The molecule has 0 fully saturated rings. The number of hydrogen-bond acceptors (Lipinski definition) is 4.